The van der Waals surface area contributed by atoms with Crippen LogP contribution in [-0.4, -0.2) is 35.1 Å². The van der Waals surface area contributed by atoms with E-state index in [2.05, 4.69) is 15.3 Å². The molecule has 1 saturated carbocycles. The number of thiophene rings is 1. The number of aromatic nitrogens is 2. The SMILES string of the molecule is CNC1CCC(Oc2ncnc3sc4c(c23)[C@@H](CC(N)=O)CC4)CC1. The van der Waals surface area contributed by atoms with E-state index in [4.69, 9.17) is 10.5 Å². The lowest BCUT2D eigenvalue weighted by molar-refractivity contribution is -0.118. The second-order valence-electron chi connectivity index (χ2n) is 7.08. The van der Waals surface area contributed by atoms with Gasteiger partial charge in [-0.2, -0.15) is 0 Å². The summed E-state index contributed by atoms with van der Waals surface area (Å²) in [5.74, 6) is 0.614. The summed E-state index contributed by atoms with van der Waals surface area (Å²) in [7, 11) is 2.02. The highest BCUT2D eigenvalue weighted by molar-refractivity contribution is 7.19. The molecule has 2 aliphatic carbocycles. The Kier molecular flexibility index (Phi) is 4.60. The molecule has 134 valence electrons. The van der Waals surface area contributed by atoms with Crippen LogP contribution < -0.4 is 15.8 Å². The highest BCUT2D eigenvalue weighted by Crippen LogP contribution is 2.47. The zero-order valence-electron chi connectivity index (χ0n) is 14.5. The summed E-state index contributed by atoms with van der Waals surface area (Å²) in [5.41, 5.74) is 6.66. The molecule has 2 aromatic rings. The third kappa shape index (κ3) is 3.22. The van der Waals surface area contributed by atoms with Crippen molar-refractivity contribution < 1.29 is 9.53 Å². The van der Waals surface area contributed by atoms with Gasteiger partial charge in [0.1, 0.15) is 17.3 Å². The molecule has 7 heteroatoms. The molecule has 1 amide bonds. The van der Waals surface area contributed by atoms with Crippen LogP contribution in [-0.2, 0) is 11.2 Å². The molecule has 2 aromatic heterocycles. The normalized spacial score (nSPS) is 25.9. The number of aryl methyl sites for hydroxylation is 1. The molecule has 0 bridgehead atoms. The predicted octanol–water partition coefficient (Wildman–Crippen LogP) is 2.51. The van der Waals surface area contributed by atoms with Gasteiger partial charge in [-0.05, 0) is 57.1 Å². The van der Waals surface area contributed by atoms with Crippen molar-refractivity contribution in [2.24, 2.45) is 5.73 Å². The lowest BCUT2D eigenvalue weighted by atomic mass is 9.93. The van der Waals surface area contributed by atoms with Gasteiger partial charge in [0.05, 0.1) is 5.39 Å². The summed E-state index contributed by atoms with van der Waals surface area (Å²) >= 11 is 1.70. The van der Waals surface area contributed by atoms with E-state index in [1.165, 1.54) is 10.4 Å². The van der Waals surface area contributed by atoms with Crippen molar-refractivity contribution in [3.8, 4) is 5.88 Å². The first kappa shape index (κ1) is 16.7. The van der Waals surface area contributed by atoms with E-state index < -0.39 is 0 Å². The number of hydrogen-bond acceptors (Lipinski definition) is 6. The Bertz CT molecular complexity index is 783. The Labute approximate surface area is 151 Å². The largest absolute Gasteiger partial charge is 0.474 e. The van der Waals surface area contributed by atoms with E-state index in [0.29, 0.717) is 18.3 Å². The number of carbonyl (C=O) groups excluding carboxylic acids is 1. The minimum Gasteiger partial charge on any atom is -0.474 e. The second-order valence-corrected chi connectivity index (χ2v) is 8.17. The maximum absolute atomic E-state index is 11.4. The van der Waals surface area contributed by atoms with E-state index in [0.717, 1.165) is 48.7 Å². The van der Waals surface area contributed by atoms with Gasteiger partial charge in [-0.15, -0.1) is 11.3 Å². The number of amides is 1. The van der Waals surface area contributed by atoms with Crippen LogP contribution in [0.2, 0.25) is 0 Å². The van der Waals surface area contributed by atoms with Crippen molar-refractivity contribution in [2.45, 2.75) is 63.0 Å². The van der Waals surface area contributed by atoms with Crippen LogP contribution in [0.1, 0.15) is 54.9 Å². The predicted molar refractivity (Wildman–Crippen MR) is 98.0 cm³/mol. The molecule has 4 rings (SSSR count). The molecule has 1 atom stereocenters. The van der Waals surface area contributed by atoms with Crippen molar-refractivity contribution in [3.05, 3.63) is 16.8 Å². The average molecular weight is 360 g/mol. The standard InChI is InChI=1S/C18H24N4O2S/c1-20-11-3-5-12(6-4-11)24-17-16-15-10(8-14(19)23)2-7-13(15)25-18(16)22-9-21-17/h9-12,20H,2-8H2,1H3,(H2,19,23)/t10-,11?,12?/m1/s1. The Morgan fingerprint density at radius 1 is 1.32 bits per heavy atom. The Balaban J connectivity index is 1.63. The molecule has 0 aromatic carbocycles. The van der Waals surface area contributed by atoms with E-state index in [9.17, 15) is 4.79 Å². The molecule has 0 spiro atoms. The molecule has 2 aliphatic rings. The highest BCUT2D eigenvalue weighted by atomic mass is 32.1. The number of rotatable bonds is 5. The smallest absolute Gasteiger partial charge is 0.225 e. The van der Waals surface area contributed by atoms with Crippen LogP contribution >= 0.6 is 11.3 Å². The molecule has 2 heterocycles. The number of nitrogens with two attached hydrogens (primary N) is 1. The molecule has 0 saturated heterocycles. The quantitative estimate of drug-likeness (QED) is 0.855. The van der Waals surface area contributed by atoms with Gasteiger partial charge in [0.25, 0.3) is 0 Å². The van der Waals surface area contributed by atoms with E-state index in [1.54, 1.807) is 17.7 Å². The molecule has 0 aliphatic heterocycles. The molecular weight excluding hydrogens is 336 g/mol. The van der Waals surface area contributed by atoms with Crippen molar-refractivity contribution in [3.63, 3.8) is 0 Å². The number of nitrogens with zero attached hydrogens (tertiary/aromatic N) is 2. The first-order valence-corrected chi connectivity index (χ1v) is 9.85. The topological polar surface area (TPSA) is 90.1 Å². The number of hydrogen-bond donors (Lipinski definition) is 2. The van der Waals surface area contributed by atoms with Gasteiger partial charge in [0, 0.05) is 17.3 Å². The van der Waals surface area contributed by atoms with Crippen molar-refractivity contribution >= 4 is 27.5 Å². The maximum Gasteiger partial charge on any atom is 0.225 e. The zero-order valence-corrected chi connectivity index (χ0v) is 15.3. The van der Waals surface area contributed by atoms with E-state index >= 15 is 0 Å². The Morgan fingerprint density at radius 3 is 2.84 bits per heavy atom. The molecule has 6 nitrogen and oxygen atoms in total. The average Bonchev–Trinajstić information content (AvgIpc) is 3.15. The van der Waals surface area contributed by atoms with E-state index in [1.807, 2.05) is 7.05 Å². The maximum atomic E-state index is 11.4. The molecule has 1 fully saturated rings. The summed E-state index contributed by atoms with van der Waals surface area (Å²) in [6, 6.07) is 0.593. The van der Waals surface area contributed by atoms with Crippen molar-refractivity contribution in [2.75, 3.05) is 7.05 Å². The summed E-state index contributed by atoms with van der Waals surface area (Å²) in [6.45, 7) is 0. The summed E-state index contributed by atoms with van der Waals surface area (Å²) in [5, 5.41) is 4.36. The van der Waals surface area contributed by atoms with Gasteiger partial charge in [-0.3, -0.25) is 4.79 Å². The molecule has 3 N–H and O–H groups in total. The third-order valence-corrected chi connectivity index (χ3v) is 6.68. The fourth-order valence-corrected chi connectivity index (χ4v) is 5.44. The second kappa shape index (κ2) is 6.88. The van der Waals surface area contributed by atoms with Crippen LogP contribution in [0, 0.1) is 0 Å². The highest BCUT2D eigenvalue weighted by Gasteiger charge is 2.32. The fraction of sp³-hybridized carbons (Fsp3) is 0.611. The van der Waals surface area contributed by atoms with Gasteiger partial charge in [-0.1, -0.05) is 0 Å². The van der Waals surface area contributed by atoms with Gasteiger partial charge in [-0.25, -0.2) is 9.97 Å². The fourth-order valence-electron chi connectivity index (χ4n) is 4.20. The van der Waals surface area contributed by atoms with Crippen molar-refractivity contribution in [1.29, 1.82) is 0 Å². The Hall–Kier alpha value is -1.73. The summed E-state index contributed by atoms with van der Waals surface area (Å²) in [6.07, 6.45) is 8.47. The van der Waals surface area contributed by atoms with Crippen LogP contribution in [0.4, 0.5) is 0 Å². The lowest BCUT2D eigenvalue weighted by Crippen LogP contribution is -2.34. The Morgan fingerprint density at radius 2 is 2.12 bits per heavy atom. The van der Waals surface area contributed by atoms with Crippen LogP contribution in [0.3, 0.4) is 0 Å². The summed E-state index contributed by atoms with van der Waals surface area (Å²) in [4.78, 5) is 22.6. The van der Waals surface area contributed by atoms with Crippen LogP contribution in [0.5, 0.6) is 5.88 Å². The third-order valence-electron chi connectivity index (χ3n) is 5.50. The van der Waals surface area contributed by atoms with Gasteiger partial charge in [0.2, 0.25) is 11.8 Å². The molecule has 0 unspecified atom stereocenters. The number of nitrogens with one attached hydrogen (secondary N) is 1. The number of primary amides is 1. The van der Waals surface area contributed by atoms with E-state index in [-0.39, 0.29) is 17.9 Å². The lowest BCUT2D eigenvalue weighted by Gasteiger charge is -2.28. The van der Waals surface area contributed by atoms with Crippen LogP contribution in [0.25, 0.3) is 10.2 Å². The van der Waals surface area contributed by atoms with Gasteiger partial charge in [0.15, 0.2) is 0 Å². The van der Waals surface area contributed by atoms with Crippen LogP contribution in [0.15, 0.2) is 6.33 Å². The molecular formula is C18H24N4O2S. The number of carbonyl (C=O) groups is 1. The van der Waals surface area contributed by atoms with Gasteiger partial charge < -0.3 is 15.8 Å². The first-order valence-electron chi connectivity index (χ1n) is 9.04. The molecule has 0 radical (unpaired) electrons. The summed E-state index contributed by atoms with van der Waals surface area (Å²) < 4.78 is 6.31. The van der Waals surface area contributed by atoms with Gasteiger partial charge >= 0.3 is 0 Å². The minimum absolute atomic E-state index is 0.176. The monoisotopic (exact) mass is 360 g/mol. The number of ether oxygens (including phenoxy) is 1. The minimum atomic E-state index is -0.248. The number of fused-ring (bicyclic) bond motifs is 3. The first-order chi connectivity index (χ1) is 12.2. The zero-order chi connectivity index (χ0) is 17.4. The molecule has 25 heavy (non-hydrogen) atoms. The van der Waals surface area contributed by atoms with Crippen molar-refractivity contribution in [1.82, 2.24) is 15.3 Å².